The fourth-order valence-electron chi connectivity index (χ4n) is 3.69. The third-order valence-corrected chi connectivity index (χ3v) is 5.18. The lowest BCUT2D eigenvalue weighted by Gasteiger charge is -2.34. The third-order valence-electron chi connectivity index (χ3n) is 5.18. The minimum Gasteiger partial charge on any atom is -0.459 e. The van der Waals surface area contributed by atoms with Gasteiger partial charge in [-0.3, -0.25) is 14.6 Å². The summed E-state index contributed by atoms with van der Waals surface area (Å²) in [5.74, 6) is 0.125. The first-order chi connectivity index (χ1) is 13.7. The molecule has 1 fully saturated rings. The highest BCUT2D eigenvalue weighted by molar-refractivity contribution is 6.07. The van der Waals surface area contributed by atoms with E-state index in [1.807, 2.05) is 30.3 Å². The number of nitrogens with zero attached hydrogens (tertiary/aromatic N) is 3. The number of hydrogen-bond acceptors (Lipinski definition) is 4. The van der Waals surface area contributed by atoms with Crippen molar-refractivity contribution in [2.24, 2.45) is 0 Å². The highest BCUT2D eigenvalue weighted by Gasteiger charge is 2.27. The van der Waals surface area contributed by atoms with E-state index in [0.29, 0.717) is 37.6 Å². The first-order valence-electron chi connectivity index (χ1n) is 9.19. The summed E-state index contributed by atoms with van der Waals surface area (Å²) in [6, 6.07) is 13.1. The number of carbonyl (C=O) groups is 2. The van der Waals surface area contributed by atoms with Gasteiger partial charge in [-0.15, -0.1) is 0 Å². The maximum Gasteiger partial charge on any atom is 0.289 e. The molecule has 1 aromatic carbocycles. The second-order valence-corrected chi connectivity index (χ2v) is 6.85. The van der Waals surface area contributed by atoms with E-state index >= 15 is 0 Å². The second kappa shape index (κ2) is 6.53. The van der Waals surface area contributed by atoms with Crippen molar-refractivity contribution >= 4 is 33.6 Å². The van der Waals surface area contributed by atoms with Crippen LogP contribution in [0.2, 0.25) is 0 Å². The average molecular weight is 374 g/mol. The van der Waals surface area contributed by atoms with Gasteiger partial charge in [0, 0.05) is 43.1 Å². The summed E-state index contributed by atoms with van der Waals surface area (Å²) < 4.78 is 5.18. The molecule has 28 heavy (non-hydrogen) atoms. The first-order valence-corrected chi connectivity index (χ1v) is 9.19. The fourth-order valence-corrected chi connectivity index (χ4v) is 3.69. The summed E-state index contributed by atoms with van der Waals surface area (Å²) in [7, 11) is 0. The summed E-state index contributed by atoms with van der Waals surface area (Å²) in [6.45, 7) is 1.94. The maximum atomic E-state index is 13.0. The number of piperazine rings is 1. The van der Waals surface area contributed by atoms with Gasteiger partial charge in [0.15, 0.2) is 5.76 Å². The van der Waals surface area contributed by atoms with Crippen molar-refractivity contribution in [3.8, 4) is 0 Å². The number of hydrogen-bond donors (Lipinski definition) is 1. The van der Waals surface area contributed by atoms with Crippen LogP contribution in [-0.4, -0.2) is 57.8 Å². The van der Waals surface area contributed by atoms with Gasteiger partial charge in [0.2, 0.25) is 0 Å². The average Bonchev–Trinajstić information content (AvgIpc) is 3.43. The van der Waals surface area contributed by atoms with Crippen LogP contribution in [0.5, 0.6) is 0 Å². The smallest absolute Gasteiger partial charge is 0.289 e. The fraction of sp³-hybridized carbons (Fsp3) is 0.190. The molecular formula is C21H18N4O3. The Bertz CT molecular complexity index is 1170. The Morgan fingerprint density at radius 1 is 0.929 bits per heavy atom. The van der Waals surface area contributed by atoms with E-state index in [1.165, 1.54) is 6.26 Å². The van der Waals surface area contributed by atoms with E-state index in [2.05, 4.69) is 9.97 Å². The molecular weight excluding hydrogens is 356 g/mol. The molecule has 1 N–H and O–H groups in total. The Hall–Kier alpha value is -3.61. The predicted octanol–water partition coefficient (Wildman–Crippen LogP) is 2.91. The number of amides is 2. The lowest BCUT2D eigenvalue weighted by atomic mass is 10.1. The summed E-state index contributed by atoms with van der Waals surface area (Å²) >= 11 is 0. The first kappa shape index (κ1) is 16.6. The van der Waals surface area contributed by atoms with Crippen LogP contribution in [0, 0.1) is 0 Å². The molecule has 1 aliphatic rings. The molecule has 2 amide bonds. The molecule has 1 aliphatic heterocycles. The molecule has 3 aromatic heterocycles. The third kappa shape index (κ3) is 2.72. The van der Waals surface area contributed by atoms with Crippen LogP contribution in [0.3, 0.4) is 0 Å². The summed E-state index contributed by atoms with van der Waals surface area (Å²) in [4.78, 5) is 36.5. The Kier molecular flexibility index (Phi) is 3.86. The monoisotopic (exact) mass is 374 g/mol. The largest absolute Gasteiger partial charge is 0.459 e. The van der Waals surface area contributed by atoms with Crippen LogP contribution in [0.25, 0.3) is 21.8 Å². The summed E-state index contributed by atoms with van der Waals surface area (Å²) in [5.41, 5.74) is 2.26. The van der Waals surface area contributed by atoms with Gasteiger partial charge in [0.25, 0.3) is 11.8 Å². The molecule has 7 heteroatoms. The number of aromatic amines is 1. The Morgan fingerprint density at radius 3 is 2.43 bits per heavy atom. The van der Waals surface area contributed by atoms with E-state index < -0.39 is 0 Å². The molecule has 4 heterocycles. The lowest BCUT2D eigenvalue weighted by molar-refractivity contribution is 0.0516. The zero-order valence-electron chi connectivity index (χ0n) is 15.1. The Labute approximate surface area is 160 Å². The van der Waals surface area contributed by atoms with Gasteiger partial charge >= 0.3 is 0 Å². The van der Waals surface area contributed by atoms with E-state index in [1.54, 1.807) is 28.1 Å². The molecule has 5 rings (SSSR count). The molecule has 1 saturated heterocycles. The minimum atomic E-state index is -0.139. The molecule has 0 radical (unpaired) electrons. The molecule has 0 saturated carbocycles. The van der Waals surface area contributed by atoms with Crippen molar-refractivity contribution in [2.45, 2.75) is 0 Å². The van der Waals surface area contributed by atoms with Crippen molar-refractivity contribution in [3.63, 3.8) is 0 Å². The number of fused-ring (bicyclic) bond motifs is 3. The van der Waals surface area contributed by atoms with E-state index in [9.17, 15) is 9.59 Å². The van der Waals surface area contributed by atoms with Crippen LogP contribution < -0.4 is 0 Å². The van der Waals surface area contributed by atoms with Crippen molar-refractivity contribution in [1.82, 2.24) is 19.8 Å². The number of carbonyl (C=O) groups excluding carboxylic acids is 2. The molecule has 4 aromatic rings. The van der Waals surface area contributed by atoms with Gasteiger partial charge in [0.1, 0.15) is 5.69 Å². The molecule has 0 atom stereocenters. The number of nitrogens with one attached hydrogen (secondary N) is 1. The van der Waals surface area contributed by atoms with E-state index in [4.69, 9.17) is 4.42 Å². The van der Waals surface area contributed by atoms with Gasteiger partial charge in [0.05, 0.1) is 17.3 Å². The van der Waals surface area contributed by atoms with Crippen molar-refractivity contribution in [2.75, 3.05) is 26.2 Å². The number of furan rings is 1. The molecule has 7 nitrogen and oxygen atoms in total. The highest BCUT2D eigenvalue weighted by Crippen LogP contribution is 2.24. The van der Waals surface area contributed by atoms with Crippen LogP contribution in [-0.2, 0) is 0 Å². The Balaban J connectivity index is 1.34. The zero-order chi connectivity index (χ0) is 19.1. The standard InChI is InChI=1S/C21H18N4O3/c26-20(24-8-10-25(11-9-24)21(27)17-4-2-12-28-17)16-13-15-6-5-14-3-1-7-22-18(14)19(15)23-16/h1-7,12-13,23H,8-11H2. The number of benzene rings is 1. The minimum absolute atomic E-state index is 0.0645. The molecule has 0 spiro atoms. The Morgan fingerprint density at radius 2 is 1.68 bits per heavy atom. The van der Waals surface area contributed by atoms with Crippen LogP contribution in [0.1, 0.15) is 21.0 Å². The molecule has 0 bridgehead atoms. The topological polar surface area (TPSA) is 82.4 Å². The normalized spacial score (nSPS) is 14.7. The summed E-state index contributed by atoms with van der Waals surface area (Å²) in [5, 5.41) is 1.99. The van der Waals surface area contributed by atoms with E-state index in [0.717, 1.165) is 21.8 Å². The van der Waals surface area contributed by atoms with Gasteiger partial charge < -0.3 is 19.2 Å². The van der Waals surface area contributed by atoms with Crippen LogP contribution >= 0.6 is 0 Å². The van der Waals surface area contributed by atoms with Crippen LogP contribution in [0.4, 0.5) is 0 Å². The van der Waals surface area contributed by atoms with Crippen molar-refractivity contribution < 1.29 is 14.0 Å². The summed E-state index contributed by atoms with van der Waals surface area (Å²) in [6.07, 6.45) is 3.24. The van der Waals surface area contributed by atoms with Gasteiger partial charge in [-0.2, -0.15) is 0 Å². The predicted molar refractivity (Wildman–Crippen MR) is 104 cm³/mol. The van der Waals surface area contributed by atoms with Gasteiger partial charge in [-0.1, -0.05) is 18.2 Å². The highest BCUT2D eigenvalue weighted by atomic mass is 16.3. The maximum absolute atomic E-state index is 13.0. The number of aromatic nitrogens is 2. The van der Waals surface area contributed by atoms with E-state index in [-0.39, 0.29) is 11.8 Å². The zero-order valence-corrected chi connectivity index (χ0v) is 15.1. The number of rotatable bonds is 2. The van der Waals surface area contributed by atoms with Crippen molar-refractivity contribution in [1.29, 1.82) is 0 Å². The van der Waals surface area contributed by atoms with Gasteiger partial charge in [-0.25, -0.2) is 0 Å². The van der Waals surface area contributed by atoms with Crippen molar-refractivity contribution in [3.05, 3.63) is 66.4 Å². The lowest BCUT2D eigenvalue weighted by Crippen LogP contribution is -2.50. The van der Waals surface area contributed by atoms with Crippen LogP contribution in [0.15, 0.2) is 59.3 Å². The van der Waals surface area contributed by atoms with Gasteiger partial charge in [-0.05, 0) is 24.3 Å². The second-order valence-electron chi connectivity index (χ2n) is 6.85. The molecule has 140 valence electrons. The quantitative estimate of drug-likeness (QED) is 0.585. The molecule has 0 unspecified atom stereocenters. The number of pyridine rings is 1. The number of H-pyrrole nitrogens is 1. The molecule has 0 aliphatic carbocycles. The SMILES string of the molecule is O=C(c1cc2ccc3cccnc3c2[nH]1)N1CCN(C(=O)c2ccco2)CC1.